The van der Waals surface area contributed by atoms with Crippen molar-refractivity contribution in [3.63, 3.8) is 0 Å². The first kappa shape index (κ1) is 22.9. The van der Waals surface area contributed by atoms with E-state index in [0.717, 1.165) is 50.4 Å². The zero-order valence-corrected chi connectivity index (χ0v) is 19.2. The minimum atomic E-state index is 0.320. The molecule has 30 heavy (non-hydrogen) atoms. The van der Waals surface area contributed by atoms with Crippen LogP contribution in [0, 0.1) is 5.92 Å². The van der Waals surface area contributed by atoms with E-state index >= 15 is 0 Å². The van der Waals surface area contributed by atoms with E-state index in [0.29, 0.717) is 6.04 Å². The molecule has 0 bridgehead atoms. The topological polar surface area (TPSA) is 52.1 Å². The molecule has 1 aromatic carbocycles. The largest absolute Gasteiger partial charge is 0.497 e. The fourth-order valence-corrected chi connectivity index (χ4v) is 4.67. The molecule has 6 heteroatoms. The van der Waals surface area contributed by atoms with Gasteiger partial charge in [-0.15, -0.1) is 0 Å². The van der Waals surface area contributed by atoms with E-state index in [1.165, 1.54) is 50.9 Å². The number of aliphatic imine (C=N–C) groups is 1. The fourth-order valence-electron chi connectivity index (χ4n) is 4.67. The molecule has 6 nitrogen and oxygen atoms in total. The highest BCUT2D eigenvalue weighted by molar-refractivity contribution is 5.79. The second kappa shape index (κ2) is 12.2. The summed E-state index contributed by atoms with van der Waals surface area (Å²) in [5.74, 6) is 2.58. The quantitative estimate of drug-likeness (QED) is 0.454. The van der Waals surface area contributed by atoms with Crippen LogP contribution in [0.2, 0.25) is 0 Å². The summed E-state index contributed by atoms with van der Waals surface area (Å²) in [5, 5.41) is 7.06. The molecule has 0 saturated carbocycles. The van der Waals surface area contributed by atoms with Crippen molar-refractivity contribution in [1.82, 2.24) is 20.4 Å². The van der Waals surface area contributed by atoms with Crippen molar-refractivity contribution in [1.29, 1.82) is 0 Å². The van der Waals surface area contributed by atoms with Crippen molar-refractivity contribution < 1.29 is 4.74 Å². The third-order valence-corrected chi connectivity index (χ3v) is 6.32. The molecular weight excluding hydrogens is 374 g/mol. The lowest BCUT2D eigenvalue weighted by molar-refractivity contribution is 0.251. The third kappa shape index (κ3) is 6.61. The molecule has 2 atom stereocenters. The van der Waals surface area contributed by atoms with Gasteiger partial charge < -0.3 is 20.3 Å². The summed E-state index contributed by atoms with van der Waals surface area (Å²) in [4.78, 5) is 10.2. The standard InChI is InChI=1S/C24H41N5O/c1-4-13-28-16-12-20(19-28)17-26-24(25-5-2)27-18-23(29-14-6-7-15-29)21-8-10-22(30-3)11-9-21/h8-11,20,23H,4-7,12-19H2,1-3H3,(H2,25,26,27). The zero-order chi connectivity index (χ0) is 21.2. The van der Waals surface area contributed by atoms with Gasteiger partial charge >= 0.3 is 0 Å². The Morgan fingerprint density at radius 3 is 2.57 bits per heavy atom. The van der Waals surface area contributed by atoms with Crippen LogP contribution in [0.5, 0.6) is 5.75 Å². The summed E-state index contributed by atoms with van der Waals surface area (Å²) >= 11 is 0. The summed E-state index contributed by atoms with van der Waals surface area (Å²) in [6, 6.07) is 8.83. The van der Waals surface area contributed by atoms with Crippen molar-refractivity contribution in [2.45, 2.75) is 45.6 Å². The Hall–Kier alpha value is -1.79. The maximum absolute atomic E-state index is 5.34. The number of likely N-dealkylation sites (tertiary alicyclic amines) is 2. The molecule has 2 fully saturated rings. The van der Waals surface area contributed by atoms with Gasteiger partial charge in [-0.05, 0) is 82.4 Å². The Labute approximate surface area is 183 Å². The lowest BCUT2D eigenvalue weighted by Gasteiger charge is -2.27. The number of nitrogens with zero attached hydrogens (tertiary/aromatic N) is 3. The Morgan fingerprint density at radius 1 is 1.13 bits per heavy atom. The van der Waals surface area contributed by atoms with Crippen molar-refractivity contribution in [3.8, 4) is 5.75 Å². The molecule has 2 unspecified atom stereocenters. The van der Waals surface area contributed by atoms with Gasteiger partial charge in [-0.3, -0.25) is 9.89 Å². The van der Waals surface area contributed by atoms with Crippen LogP contribution in [-0.4, -0.2) is 75.2 Å². The maximum Gasteiger partial charge on any atom is 0.191 e. The zero-order valence-electron chi connectivity index (χ0n) is 19.2. The molecule has 168 valence electrons. The van der Waals surface area contributed by atoms with Crippen LogP contribution in [0.25, 0.3) is 0 Å². The van der Waals surface area contributed by atoms with E-state index in [2.05, 4.69) is 58.5 Å². The highest BCUT2D eigenvalue weighted by Crippen LogP contribution is 2.27. The Kier molecular flexibility index (Phi) is 9.27. The molecular formula is C24H41N5O. The minimum Gasteiger partial charge on any atom is -0.497 e. The number of rotatable bonds is 10. The average Bonchev–Trinajstić information content (AvgIpc) is 3.45. The van der Waals surface area contributed by atoms with Crippen molar-refractivity contribution >= 4 is 5.96 Å². The number of guanidine groups is 1. The van der Waals surface area contributed by atoms with Crippen molar-refractivity contribution in [2.75, 3.05) is 59.5 Å². The first-order chi connectivity index (χ1) is 14.7. The third-order valence-electron chi connectivity index (χ3n) is 6.32. The summed E-state index contributed by atoms with van der Waals surface area (Å²) in [5.41, 5.74) is 1.32. The molecule has 2 aliphatic rings. The van der Waals surface area contributed by atoms with E-state index in [1.807, 2.05) is 0 Å². The predicted molar refractivity (Wildman–Crippen MR) is 125 cm³/mol. The number of nitrogens with one attached hydrogen (secondary N) is 2. The first-order valence-electron chi connectivity index (χ1n) is 11.9. The Morgan fingerprint density at radius 2 is 1.90 bits per heavy atom. The van der Waals surface area contributed by atoms with E-state index in [1.54, 1.807) is 7.11 Å². The normalized spacial score (nSPS) is 21.7. The lowest BCUT2D eigenvalue weighted by Crippen LogP contribution is -2.41. The second-order valence-electron chi connectivity index (χ2n) is 8.59. The van der Waals surface area contributed by atoms with Gasteiger partial charge in [0.05, 0.1) is 19.7 Å². The SMILES string of the molecule is CCCN1CCC(CNC(=NCC(c2ccc(OC)cc2)N2CCCC2)NCC)C1. The predicted octanol–water partition coefficient (Wildman–Crippen LogP) is 3.12. The van der Waals surface area contributed by atoms with Gasteiger partial charge in [0.15, 0.2) is 5.96 Å². The van der Waals surface area contributed by atoms with Gasteiger partial charge in [0.25, 0.3) is 0 Å². The highest BCUT2D eigenvalue weighted by Gasteiger charge is 2.24. The molecule has 0 aromatic heterocycles. The number of methoxy groups -OCH3 is 1. The molecule has 3 rings (SSSR count). The van der Waals surface area contributed by atoms with Crippen molar-refractivity contribution in [3.05, 3.63) is 29.8 Å². The minimum absolute atomic E-state index is 0.320. The lowest BCUT2D eigenvalue weighted by atomic mass is 10.1. The van der Waals surface area contributed by atoms with Crippen LogP contribution >= 0.6 is 0 Å². The van der Waals surface area contributed by atoms with E-state index in [-0.39, 0.29) is 0 Å². The molecule has 2 N–H and O–H groups in total. The summed E-state index contributed by atoms with van der Waals surface area (Å²) in [6.45, 7) is 13.1. The van der Waals surface area contributed by atoms with Gasteiger partial charge in [0.1, 0.15) is 5.75 Å². The average molecular weight is 416 g/mol. The van der Waals surface area contributed by atoms with E-state index in [4.69, 9.17) is 9.73 Å². The number of ether oxygens (including phenoxy) is 1. The molecule has 1 aromatic rings. The van der Waals surface area contributed by atoms with Gasteiger partial charge in [-0.25, -0.2) is 0 Å². The van der Waals surface area contributed by atoms with Gasteiger partial charge in [-0.1, -0.05) is 19.1 Å². The number of hydrogen-bond acceptors (Lipinski definition) is 4. The maximum atomic E-state index is 5.34. The summed E-state index contributed by atoms with van der Waals surface area (Å²) in [7, 11) is 1.72. The molecule has 0 amide bonds. The van der Waals surface area contributed by atoms with Gasteiger partial charge in [0.2, 0.25) is 0 Å². The molecule has 0 aliphatic carbocycles. The van der Waals surface area contributed by atoms with Crippen LogP contribution in [0.15, 0.2) is 29.3 Å². The van der Waals surface area contributed by atoms with Crippen LogP contribution < -0.4 is 15.4 Å². The molecule has 2 saturated heterocycles. The number of hydrogen-bond donors (Lipinski definition) is 2. The Balaban J connectivity index is 1.61. The van der Waals surface area contributed by atoms with Gasteiger partial charge in [0, 0.05) is 19.6 Å². The Bertz CT molecular complexity index is 642. The summed E-state index contributed by atoms with van der Waals surface area (Å²) in [6.07, 6.45) is 5.09. The van der Waals surface area contributed by atoms with E-state index in [9.17, 15) is 0 Å². The first-order valence-corrected chi connectivity index (χ1v) is 11.9. The second-order valence-corrected chi connectivity index (χ2v) is 8.59. The molecule has 0 radical (unpaired) electrons. The van der Waals surface area contributed by atoms with Crippen molar-refractivity contribution in [2.24, 2.45) is 10.9 Å². The fraction of sp³-hybridized carbons (Fsp3) is 0.708. The van der Waals surface area contributed by atoms with Crippen LogP contribution in [-0.2, 0) is 0 Å². The smallest absolute Gasteiger partial charge is 0.191 e. The van der Waals surface area contributed by atoms with Crippen LogP contribution in [0.4, 0.5) is 0 Å². The monoisotopic (exact) mass is 415 g/mol. The van der Waals surface area contributed by atoms with Crippen LogP contribution in [0.3, 0.4) is 0 Å². The van der Waals surface area contributed by atoms with Crippen LogP contribution in [0.1, 0.15) is 51.1 Å². The molecule has 2 aliphatic heterocycles. The summed E-state index contributed by atoms with van der Waals surface area (Å²) < 4.78 is 5.34. The van der Waals surface area contributed by atoms with Gasteiger partial charge in [-0.2, -0.15) is 0 Å². The van der Waals surface area contributed by atoms with E-state index < -0.39 is 0 Å². The molecule has 0 spiro atoms. The highest BCUT2D eigenvalue weighted by atomic mass is 16.5. The number of benzene rings is 1. The molecule has 2 heterocycles.